The van der Waals surface area contributed by atoms with Crippen LogP contribution in [0.5, 0.6) is 0 Å². The molecule has 0 saturated heterocycles. The van der Waals surface area contributed by atoms with Gasteiger partial charge in [-0.15, -0.1) is 0 Å². The Morgan fingerprint density at radius 1 is 1.43 bits per heavy atom. The van der Waals surface area contributed by atoms with Gasteiger partial charge in [-0.3, -0.25) is 4.79 Å². The minimum Gasteiger partial charge on any atom is -0.382 e. The van der Waals surface area contributed by atoms with Crippen LogP contribution >= 0.6 is 11.3 Å². The number of aromatic nitrogens is 1. The van der Waals surface area contributed by atoms with E-state index in [4.69, 9.17) is 5.73 Å². The molecule has 0 aliphatic heterocycles. The quantitative estimate of drug-likeness (QED) is 0.836. The minimum atomic E-state index is -0.0396. The van der Waals surface area contributed by atoms with Crippen LogP contribution in [0.2, 0.25) is 0 Å². The van der Waals surface area contributed by atoms with Gasteiger partial charge in [-0.05, 0) is 40.3 Å². The number of nitrogens with zero attached hydrogens (tertiary/aromatic N) is 3. The fourth-order valence-electron chi connectivity index (χ4n) is 2.73. The van der Waals surface area contributed by atoms with E-state index >= 15 is 0 Å². The number of hydrogen-bond acceptors (Lipinski definition) is 6. The summed E-state index contributed by atoms with van der Waals surface area (Å²) in [5.41, 5.74) is 6.00. The Morgan fingerprint density at radius 3 is 2.57 bits per heavy atom. The average Bonchev–Trinajstić information content (AvgIpc) is 2.73. The molecule has 0 radical (unpaired) electrons. The molecule has 1 aliphatic rings. The largest absolute Gasteiger partial charge is 0.382 e. The van der Waals surface area contributed by atoms with Crippen molar-refractivity contribution in [3.05, 3.63) is 4.88 Å². The fraction of sp³-hybridized carbons (Fsp3) is 0.714. The average molecular weight is 311 g/mol. The van der Waals surface area contributed by atoms with Crippen LogP contribution in [0.1, 0.15) is 35.9 Å². The molecule has 1 heterocycles. The Hall–Kier alpha value is -1.34. The first-order valence-corrected chi connectivity index (χ1v) is 8.14. The number of hydrogen-bond donors (Lipinski definition) is 2. The molecule has 1 aliphatic carbocycles. The van der Waals surface area contributed by atoms with Gasteiger partial charge in [-0.1, -0.05) is 11.3 Å². The van der Waals surface area contributed by atoms with Gasteiger partial charge in [0.15, 0.2) is 5.13 Å². The van der Waals surface area contributed by atoms with E-state index in [0.717, 1.165) is 25.9 Å². The van der Waals surface area contributed by atoms with E-state index < -0.39 is 0 Å². The van der Waals surface area contributed by atoms with Crippen LogP contribution in [0, 0.1) is 0 Å². The number of nitrogens with two attached hydrogens (primary N) is 1. The third-order valence-electron chi connectivity index (χ3n) is 4.29. The zero-order valence-corrected chi connectivity index (χ0v) is 14.1. The Labute approximate surface area is 130 Å². The lowest BCUT2D eigenvalue weighted by Gasteiger charge is -2.49. The highest BCUT2D eigenvalue weighted by Gasteiger charge is 2.41. The molecule has 1 amide bonds. The molecule has 3 N–H and O–H groups in total. The summed E-state index contributed by atoms with van der Waals surface area (Å²) in [7, 11) is 6.02. The standard InChI is InChI=1S/C14H25N5OS/c1-5-16-13-17-11(15)10(21-13)12(20)19(4)9-14(18(2)3)7-6-8-14/h5-9,15H2,1-4H3,(H,16,17). The normalized spacial score (nSPS) is 16.6. The molecule has 1 aromatic heterocycles. The number of nitrogen functional groups attached to an aromatic ring is 1. The van der Waals surface area contributed by atoms with Crippen molar-refractivity contribution in [1.29, 1.82) is 0 Å². The first kappa shape index (κ1) is 16.0. The van der Waals surface area contributed by atoms with E-state index in [0.29, 0.717) is 15.8 Å². The molecular formula is C14H25N5OS. The Balaban J connectivity index is 2.08. The number of nitrogens with one attached hydrogen (secondary N) is 1. The van der Waals surface area contributed by atoms with Crippen LogP contribution in [0.25, 0.3) is 0 Å². The van der Waals surface area contributed by atoms with Gasteiger partial charge in [0.25, 0.3) is 5.91 Å². The van der Waals surface area contributed by atoms with Gasteiger partial charge in [0.2, 0.25) is 0 Å². The van der Waals surface area contributed by atoms with Gasteiger partial charge < -0.3 is 20.9 Å². The van der Waals surface area contributed by atoms with E-state index in [1.165, 1.54) is 17.8 Å². The second-order valence-electron chi connectivity index (χ2n) is 5.90. The van der Waals surface area contributed by atoms with Crippen LogP contribution in [0.4, 0.5) is 10.9 Å². The van der Waals surface area contributed by atoms with E-state index in [2.05, 4.69) is 29.3 Å². The molecule has 1 fully saturated rings. The molecule has 6 nitrogen and oxygen atoms in total. The highest BCUT2D eigenvalue weighted by atomic mass is 32.1. The summed E-state index contributed by atoms with van der Waals surface area (Å²) in [6, 6.07) is 0. The second-order valence-corrected chi connectivity index (χ2v) is 6.90. The predicted molar refractivity (Wildman–Crippen MR) is 87.9 cm³/mol. The van der Waals surface area contributed by atoms with E-state index in [9.17, 15) is 4.79 Å². The third-order valence-corrected chi connectivity index (χ3v) is 5.30. The Bertz CT molecular complexity index is 509. The molecule has 7 heteroatoms. The first-order valence-electron chi connectivity index (χ1n) is 7.32. The molecule has 0 spiro atoms. The van der Waals surface area contributed by atoms with E-state index in [-0.39, 0.29) is 11.4 Å². The van der Waals surface area contributed by atoms with Crippen LogP contribution in [0.3, 0.4) is 0 Å². The van der Waals surface area contributed by atoms with E-state index in [1.807, 2.05) is 14.0 Å². The SMILES string of the molecule is CCNc1nc(N)c(C(=O)N(C)CC2(N(C)C)CCC2)s1. The molecule has 2 rings (SSSR count). The predicted octanol–water partition coefficient (Wildman–Crippen LogP) is 1.71. The smallest absolute Gasteiger partial charge is 0.267 e. The zero-order valence-electron chi connectivity index (χ0n) is 13.3. The van der Waals surface area contributed by atoms with Gasteiger partial charge in [0.1, 0.15) is 10.7 Å². The molecule has 0 unspecified atom stereocenters. The number of thiazole rings is 1. The van der Waals surface area contributed by atoms with Crippen molar-refractivity contribution in [1.82, 2.24) is 14.8 Å². The van der Waals surface area contributed by atoms with Crippen molar-refractivity contribution < 1.29 is 4.79 Å². The van der Waals surface area contributed by atoms with Gasteiger partial charge in [-0.2, -0.15) is 0 Å². The summed E-state index contributed by atoms with van der Waals surface area (Å²) in [4.78, 5) is 21.3. The topological polar surface area (TPSA) is 74.5 Å². The lowest BCUT2D eigenvalue weighted by Crippen LogP contribution is -2.57. The first-order chi connectivity index (χ1) is 9.89. The maximum atomic E-state index is 12.6. The maximum absolute atomic E-state index is 12.6. The fourth-order valence-corrected chi connectivity index (χ4v) is 3.68. The van der Waals surface area contributed by atoms with Crippen molar-refractivity contribution in [3.63, 3.8) is 0 Å². The van der Waals surface area contributed by atoms with Gasteiger partial charge >= 0.3 is 0 Å². The zero-order chi connectivity index (χ0) is 15.6. The summed E-state index contributed by atoms with van der Waals surface area (Å²) >= 11 is 1.33. The summed E-state index contributed by atoms with van der Waals surface area (Å²) in [6.07, 6.45) is 3.50. The Morgan fingerprint density at radius 2 is 2.10 bits per heavy atom. The number of carbonyl (C=O) groups is 1. The minimum absolute atomic E-state index is 0.0396. The maximum Gasteiger partial charge on any atom is 0.267 e. The van der Waals surface area contributed by atoms with Crippen molar-refractivity contribution in [2.24, 2.45) is 0 Å². The van der Waals surface area contributed by atoms with Gasteiger partial charge in [0, 0.05) is 25.7 Å². The van der Waals surface area contributed by atoms with E-state index in [1.54, 1.807) is 4.90 Å². The molecule has 1 aromatic rings. The third kappa shape index (κ3) is 3.13. The van der Waals surface area contributed by atoms with Crippen LogP contribution in [-0.2, 0) is 0 Å². The van der Waals surface area contributed by atoms with Crippen LogP contribution < -0.4 is 11.1 Å². The number of carbonyl (C=O) groups excluding carboxylic acids is 1. The highest BCUT2D eigenvalue weighted by Crippen LogP contribution is 2.37. The van der Waals surface area contributed by atoms with Gasteiger partial charge in [0.05, 0.1) is 0 Å². The monoisotopic (exact) mass is 311 g/mol. The van der Waals surface area contributed by atoms with Crippen molar-refractivity contribution >= 4 is 28.2 Å². The second kappa shape index (κ2) is 6.19. The number of likely N-dealkylation sites (N-methyl/N-ethyl adjacent to an activating group) is 2. The van der Waals surface area contributed by atoms with Crippen molar-refractivity contribution in [2.75, 3.05) is 45.3 Å². The summed E-state index contributed by atoms with van der Waals surface area (Å²) in [5.74, 6) is 0.280. The Kier molecular flexibility index (Phi) is 4.73. The summed E-state index contributed by atoms with van der Waals surface area (Å²) in [5, 5.41) is 3.81. The number of anilines is 2. The van der Waals surface area contributed by atoms with Crippen LogP contribution in [-0.4, -0.2) is 60.5 Å². The summed E-state index contributed by atoms with van der Waals surface area (Å²) < 4.78 is 0. The molecule has 118 valence electrons. The number of rotatable bonds is 6. The molecule has 0 aromatic carbocycles. The van der Waals surface area contributed by atoms with Crippen LogP contribution in [0.15, 0.2) is 0 Å². The van der Waals surface area contributed by atoms with Gasteiger partial charge in [-0.25, -0.2) is 4.98 Å². The highest BCUT2D eigenvalue weighted by molar-refractivity contribution is 7.18. The lowest BCUT2D eigenvalue weighted by molar-refractivity contribution is 0.0255. The molecule has 0 bridgehead atoms. The van der Waals surface area contributed by atoms with Crippen molar-refractivity contribution in [2.45, 2.75) is 31.7 Å². The van der Waals surface area contributed by atoms with Crippen molar-refractivity contribution in [3.8, 4) is 0 Å². The summed E-state index contributed by atoms with van der Waals surface area (Å²) in [6.45, 7) is 3.48. The molecule has 1 saturated carbocycles. The molecule has 21 heavy (non-hydrogen) atoms. The molecular weight excluding hydrogens is 286 g/mol. The molecule has 0 atom stereocenters. The lowest BCUT2D eigenvalue weighted by atomic mass is 9.75. The number of amides is 1.